The third kappa shape index (κ3) is 1.31. The first-order valence-corrected chi connectivity index (χ1v) is 5.13. The Bertz CT molecular complexity index is 408. The summed E-state index contributed by atoms with van der Waals surface area (Å²) >= 11 is 0. The van der Waals surface area contributed by atoms with Gasteiger partial charge in [-0.05, 0) is 54.5 Å². The van der Waals surface area contributed by atoms with E-state index in [9.17, 15) is 0 Å². The Balaban J connectivity index is 2.53. The zero-order valence-corrected chi connectivity index (χ0v) is 8.93. The van der Waals surface area contributed by atoms with Crippen LogP contribution in [0.5, 0.6) is 0 Å². The highest BCUT2D eigenvalue weighted by molar-refractivity contribution is 5.77. The van der Waals surface area contributed by atoms with Gasteiger partial charge in [-0.25, -0.2) is 0 Å². The third-order valence-electron chi connectivity index (χ3n) is 2.99. The zero-order chi connectivity index (χ0) is 10.1. The zero-order valence-electron chi connectivity index (χ0n) is 8.93. The highest BCUT2D eigenvalue weighted by Gasteiger charge is 2.16. The smallest absolute Gasteiger partial charge is 0.00825 e. The molecule has 0 amide bonds. The van der Waals surface area contributed by atoms with E-state index < -0.39 is 0 Å². The van der Waals surface area contributed by atoms with Crippen LogP contribution in [0.2, 0.25) is 0 Å². The molecule has 2 rings (SSSR count). The van der Waals surface area contributed by atoms with Crippen molar-refractivity contribution in [1.29, 1.82) is 0 Å². The molecule has 0 atom stereocenters. The lowest BCUT2D eigenvalue weighted by Gasteiger charge is -2.10. The fourth-order valence-corrected chi connectivity index (χ4v) is 2.25. The average molecular weight is 184 g/mol. The maximum absolute atomic E-state index is 3.81. The van der Waals surface area contributed by atoms with Gasteiger partial charge in [-0.2, -0.15) is 0 Å². The van der Waals surface area contributed by atoms with Crippen molar-refractivity contribution in [2.24, 2.45) is 0 Å². The van der Waals surface area contributed by atoms with Gasteiger partial charge in [0, 0.05) is 0 Å². The minimum absolute atomic E-state index is 0.997. The SMILES string of the molecule is C=CCC1=CCc2c(C)ccc(C)c21. The summed E-state index contributed by atoms with van der Waals surface area (Å²) in [5, 5.41) is 0. The van der Waals surface area contributed by atoms with Crippen molar-refractivity contribution in [3.8, 4) is 0 Å². The molecule has 0 aliphatic heterocycles. The second kappa shape index (κ2) is 3.45. The fraction of sp³-hybridized carbons (Fsp3) is 0.286. The lowest BCUT2D eigenvalue weighted by atomic mass is 9.95. The number of benzene rings is 1. The quantitative estimate of drug-likeness (QED) is 0.613. The van der Waals surface area contributed by atoms with Crippen molar-refractivity contribution >= 4 is 5.57 Å². The van der Waals surface area contributed by atoms with Crippen molar-refractivity contribution in [3.63, 3.8) is 0 Å². The summed E-state index contributed by atoms with van der Waals surface area (Å²) in [6, 6.07) is 4.44. The van der Waals surface area contributed by atoms with Gasteiger partial charge in [-0.15, -0.1) is 6.58 Å². The number of fused-ring (bicyclic) bond motifs is 1. The van der Waals surface area contributed by atoms with Gasteiger partial charge in [0.15, 0.2) is 0 Å². The lowest BCUT2D eigenvalue weighted by molar-refractivity contribution is 1.22. The van der Waals surface area contributed by atoms with E-state index in [4.69, 9.17) is 0 Å². The second-order valence-corrected chi connectivity index (χ2v) is 3.98. The summed E-state index contributed by atoms with van der Waals surface area (Å²) in [7, 11) is 0. The molecule has 0 radical (unpaired) electrons. The normalized spacial score (nSPS) is 13.7. The Morgan fingerprint density at radius 1 is 1.29 bits per heavy atom. The molecule has 0 heteroatoms. The van der Waals surface area contributed by atoms with Gasteiger partial charge < -0.3 is 0 Å². The number of allylic oxidation sites excluding steroid dienone is 3. The number of hydrogen-bond donors (Lipinski definition) is 0. The largest absolute Gasteiger partial charge is 0.103 e. The van der Waals surface area contributed by atoms with Gasteiger partial charge in [0.25, 0.3) is 0 Å². The molecule has 1 aromatic rings. The van der Waals surface area contributed by atoms with Crippen LogP contribution in [0.1, 0.15) is 28.7 Å². The Hall–Kier alpha value is -1.30. The molecule has 0 heterocycles. The third-order valence-corrected chi connectivity index (χ3v) is 2.99. The van der Waals surface area contributed by atoms with E-state index in [0.717, 1.165) is 12.8 Å². The molecule has 1 aromatic carbocycles. The summed E-state index contributed by atoms with van der Waals surface area (Å²) in [5.41, 5.74) is 7.26. The van der Waals surface area contributed by atoms with Crippen LogP contribution in [0.15, 0.2) is 30.9 Å². The van der Waals surface area contributed by atoms with E-state index in [-0.39, 0.29) is 0 Å². The predicted octanol–water partition coefficient (Wildman–Crippen LogP) is 3.82. The molecule has 1 aliphatic carbocycles. The molecular formula is C14H16. The second-order valence-electron chi connectivity index (χ2n) is 3.98. The number of rotatable bonds is 2. The Labute approximate surface area is 86.0 Å². The van der Waals surface area contributed by atoms with Crippen molar-refractivity contribution in [2.75, 3.05) is 0 Å². The summed E-state index contributed by atoms with van der Waals surface area (Å²) in [6.45, 7) is 8.20. The summed E-state index contributed by atoms with van der Waals surface area (Å²) in [6.07, 6.45) is 6.43. The Morgan fingerprint density at radius 2 is 2.00 bits per heavy atom. The molecule has 0 saturated heterocycles. The molecule has 0 spiro atoms. The minimum Gasteiger partial charge on any atom is -0.103 e. The first-order chi connectivity index (χ1) is 6.74. The molecule has 0 nitrogen and oxygen atoms in total. The lowest BCUT2D eigenvalue weighted by Crippen LogP contribution is -1.92. The standard InChI is InChI=1S/C14H16/c1-4-5-12-8-9-13-10(2)6-7-11(3)14(12)13/h4,6-8H,1,5,9H2,2-3H3. The summed E-state index contributed by atoms with van der Waals surface area (Å²) < 4.78 is 0. The average Bonchev–Trinajstić information content (AvgIpc) is 2.58. The van der Waals surface area contributed by atoms with Gasteiger partial charge >= 0.3 is 0 Å². The number of aryl methyl sites for hydroxylation is 2. The molecule has 72 valence electrons. The van der Waals surface area contributed by atoms with E-state index in [1.54, 1.807) is 0 Å². The van der Waals surface area contributed by atoms with Crippen molar-refractivity contribution in [3.05, 3.63) is 53.1 Å². The van der Waals surface area contributed by atoms with E-state index in [1.165, 1.54) is 27.8 Å². The van der Waals surface area contributed by atoms with Crippen LogP contribution in [0, 0.1) is 13.8 Å². The molecule has 1 aliphatic rings. The van der Waals surface area contributed by atoms with E-state index in [0.29, 0.717) is 0 Å². The van der Waals surface area contributed by atoms with Gasteiger partial charge in [-0.1, -0.05) is 24.3 Å². The first-order valence-electron chi connectivity index (χ1n) is 5.13. The highest BCUT2D eigenvalue weighted by atomic mass is 14.2. The molecule has 0 aromatic heterocycles. The molecular weight excluding hydrogens is 168 g/mol. The van der Waals surface area contributed by atoms with Crippen LogP contribution in [0.3, 0.4) is 0 Å². The maximum Gasteiger partial charge on any atom is -0.00825 e. The maximum atomic E-state index is 3.81. The van der Waals surface area contributed by atoms with Gasteiger partial charge in [0.1, 0.15) is 0 Å². The van der Waals surface area contributed by atoms with Crippen LogP contribution in [0.4, 0.5) is 0 Å². The fourth-order valence-electron chi connectivity index (χ4n) is 2.25. The van der Waals surface area contributed by atoms with Crippen LogP contribution < -0.4 is 0 Å². The molecule has 0 bridgehead atoms. The Kier molecular flexibility index (Phi) is 2.28. The van der Waals surface area contributed by atoms with Gasteiger partial charge in [0.05, 0.1) is 0 Å². The molecule has 0 unspecified atom stereocenters. The van der Waals surface area contributed by atoms with Crippen LogP contribution in [-0.2, 0) is 6.42 Å². The van der Waals surface area contributed by atoms with Gasteiger partial charge in [0.2, 0.25) is 0 Å². The van der Waals surface area contributed by atoms with Crippen molar-refractivity contribution < 1.29 is 0 Å². The topological polar surface area (TPSA) is 0 Å². The van der Waals surface area contributed by atoms with E-state index in [2.05, 4.69) is 38.6 Å². The van der Waals surface area contributed by atoms with Crippen LogP contribution >= 0.6 is 0 Å². The first kappa shape index (κ1) is 9.26. The minimum atomic E-state index is 0.997. The van der Waals surface area contributed by atoms with Crippen LogP contribution in [0.25, 0.3) is 5.57 Å². The summed E-state index contributed by atoms with van der Waals surface area (Å²) in [4.78, 5) is 0. The highest BCUT2D eigenvalue weighted by Crippen LogP contribution is 2.34. The Morgan fingerprint density at radius 3 is 2.71 bits per heavy atom. The van der Waals surface area contributed by atoms with Crippen LogP contribution in [-0.4, -0.2) is 0 Å². The van der Waals surface area contributed by atoms with E-state index >= 15 is 0 Å². The molecule has 14 heavy (non-hydrogen) atoms. The van der Waals surface area contributed by atoms with Gasteiger partial charge in [-0.3, -0.25) is 0 Å². The van der Waals surface area contributed by atoms with E-state index in [1.807, 2.05) is 6.08 Å². The molecule has 0 saturated carbocycles. The summed E-state index contributed by atoms with van der Waals surface area (Å²) in [5.74, 6) is 0. The predicted molar refractivity (Wildman–Crippen MR) is 62.4 cm³/mol. The monoisotopic (exact) mass is 184 g/mol. The van der Waals surface area contributed by atoms with Crippen molar-refractivity contribution in [1.82, 2.24) is 0 Å². The molecule has 0 N–H and O–H groups in total. The van der Waals surface area contributed by atoms with Crippen molar-refractivity contribution in [2.45, 2.75) is 26.7 Å². The number of hydrogen-bond acceptors (Lipinski definition) is 0. The molecule has 0 fully saturated rings.